The molecule has 35 heavy (non-hydrogen) atoms. The molecule has 0 bridgehead atoms. The van der Waals surface area contributed by atoms with E-state index in [1.807, 2.05) is 0 Å². The quantitative estimate of drug-likeness (QED) is 0.334. The van der Waals surface area contributed by atoms with Crippen LogP contribution in [0.2, 0.25) is 58.9 Å². The summed E-state index contributed by atoms with van der Waals surface area (Å²) < 4.78 is 26.1. The Bertz CT molecular complexity index is 930. The van der Waals surface area contributed by atoms with Crippen LogP contribution in [0.5, 0.6) is 11.5 Å². The summed E-state index contributed by atoms with van der Waals surface area (Å²) in [7, 11) is -3.29. The molecule has 4 rings (SSSR count). The summed E-state index contributed by atoms with van der Waals surface area (Å²) in [6.07, 6.45) is 6.47. The van der Waals surface area contributed by atoms with E-state index in [4.69, 9.17) is 18.0 Å². The van der Waals surface area contributed by atoms with Crippen LogP contribution in [-0.2, 0) is 15.3 Å². The third kappa shape index (κ3) is 5.79. The fourth-order valence-electron chi connectivity index (χ4n) is 7.25. The van der Waals surface area contributed by atoms with Gasteiger partial charge in [0.2, 0.25) is 8.32 Å². The Labute approximate surface area is 217 Å². The molecule has 0 aliphatic heterocycles. The molecule has 1 aromatic rings. The van der Waals surface area contributed by atoms with E-state index in [9.17, 15) is 0 Å². The third-order valence-electron chi connectivity index (χ3n) is 8.32. The fraction of sp³-hybridized carbons (Fsp3) is 0.786. The second-order valence-corrected chi connectivity index (χ2v) is 27.9. The molecule has 1 aromatic carbocycles. The summed E-state index contributed by atoms with van der Waals surface area (Å²) in [5.41, 5.74) is 3.20. The van der Waals surface area contributed by atoms with Gasteiger partial charge in [0.1, 0.15) is 5.75 Å². The van der Waals surface area contributed by atoms with Crippen molar-refractivity contribution in [2.45, 2.75) is 116 Å². The predicted octanol–water partition coefficient (Wildman–Crippen LogP) is 7.82. The van der Waals surface area contributed by atoms with Crippen LogP contribution in [-0.4, -0.2) is 44.3 Å². The molecule has 0 saturated heterocycles. The van der Waals surface area contributed by atoms with E-state index in [-0.39, 0.29) is 17.6 Å². The molecule has 2 saturated carbocycles. The van der Waals surface area contributed by atoms with Crippen molar-refractivity contribution in [1.29, 1.82) is 0 Å². The topological polar surface area (TPSA) is 36.9 Å². The Balaban J connectivity index is 1.67. The third-order valence-corrected chi connectivity index (χ3v) is 11.1. The van der Waals surface area contributed by atoms with Crippen molar-refractivity contribution in [2.75, 3.05) is 7.11 Å². The molecule has 7 heteroatoms. The average molecular weight is 535 g/mol. The van der Waals surface area contributed by atoms with Crippen molar-refractivity contribution < 1.29 is 18.0 Å². The predicted molar refractivity (Wildman–Crippen MR) is 153 cm³/mol. The molecule has 0 heterocycles. The molecular weight excluding hydrogens is 485 g/mol. The number of ether oxygens (including phenoxy) is 1. The maximum atomic E-state index is 6.98. The first-order valence-corrected chi connectivity index (χ1v) is 24.0. The minimum atomic E-state index is -1.71. The Morgan fingerprint density at radius 2 is 1.49 bits per heavy atom. The van der Waals surface area contributed by atoms with Crippen LogP contribution in [0.15, 0.2) is 12.1 Å². The Kier molecular flexibility index (Phi) is 7.28. The monoisotopic (exact) mass is 534 g/mol. The van der Waals surface area contributed by atoms with Crippen molar-refractivity contribution in [3.05, 3.63) is 23.3 Å². The lowest BCUT2D eigenvalue weighted by molar-refractivity contribution is -0.0363. The van der Waals surface area contributed by atoms with Gasteiger partial charge in [0, 0.05) is 0 Å². The summed E-state index contributed by atoms with van der Waals surface area (Å²) in [5.74, 6) is 3.80. The molecule has 2 fully saturated rings. The fourth-order valence-corrected chi connectivity index (χ4v) is 10.4. The highest BCUT2D eigenvalue weighted by Gasteiger charge is 2.60. The maximum absolute atomic E-state index is 6.98. The summed E-state index contributed by atoms with van der Waals surface area (Å²) in [6.45, 7) is 23.2. The van der Waals surface area contributed by atoms with Crippen LogP contribution < -0.4 is 9.16 Å². The lowest BCUT2D eigenvalue weighted by Gasteiger charge is -2.51. The molecule has 3 aliphatic rings. The SMILES string of the molecule is COc1cc2c(cc1O[Si](C)(C)C)CC[C@@H]1[C@@H]2CC[C@@]2(C)[C@H]1C[C@@H](O[Si](C)(C)C)[C@@H]2O[Si](C)(C)C. The highest BCUT2D eigenvalue weighted by molar-refractivity contribution is 6.70. The zero-order chi connectivity index (χ0) is 26.0. The van der Waals surface area contributed by atoms with E-state index in [0.29, 0.717) is 17.8 Å². The van der Waals surface area contributed by atoms with E-state index in [0.717, 1.165) is 24.3 Å². The minimum absolute atomic E-state index is 0.203. The maximum Gasteiger partial charge on any atom is 0.242 e. The normalized spacial score (nSPS) is 33.1. The first kappa shape index (κ1) is 27.4. The van der Waals surface area contributed by atoms with Crippen LogP contribution in [0.25, 0.3) is 0 Å². The van der Waals surface area contributed by atoms with Gasteiger partial charge in [0.05, 0.1) is 19.3 Å². The number of fused-ring (bicyclic) bond motifs is 5. The number of hydrogen-bond donors (Lipinski definition) is 0. The molecule has 0 unspecified atom stereocenters. The van der Waals surface area contributed by atoms with Crippen LogP contribution in [0.4, 0.5) is 0 Å². The number of hydrogen-bond acceptors (Lipinski definition) is 4. The lowest BCUT2D eigenvalue weighted by Crippen LogP contribution is -2.50. The lowest BCUT2D eigenvalue weighted by atomic mass is 9.55. The first-order chi connectivity index (χ1) is 16.0. The average Bonchev–Trinajstić information content (AvgIpc) is 2.95. The standard InChI is InChI=1S/C28H50O4Si3/c1-28-15-14-20-21(23(28)18-26(31-34(6,7)8)27(28)32-35(9,10)11)13-12-19-16-25(30-33(3,4)5)24(29-2)17-22(19)20/h16-17,20-21,23,26-27H,12-15,18H2,1-11H3/t20-,21+,23-,26+,27-,28-/m0/s1. The minimum Gasteiger partial charge on any atom is -0.542 e. The number of methoxy groups -OCH3 is 1. The van der Waals surface area contributed by atoms with Gasteiger partial charge in [-0.15, -0.1) is 0 Å². The van der Waals surface area contributed by atoms with Crippen molar-refractivity contribution in [3.8, 4) is 11.5 Å². The van der Waals surface area contributed by atoms with Gasteiger partial charge in [-0.05, 0) is 137 Å². The molecule has 4 nitrogen and oxygen atoms in total. The van der Waals surface area contributed by atoms with Crippen molar-refractivity contribution in [2.24, 2.45) is 17.3 Å². The van der Waals surface area contributed by atoms with Gasteiger partial charge in [-0.3, -0.25) is 0 Å². The van der Waals surface area contributed by atoms with Gasteiger partial charge >= 0.3 is 0 Å². The van der Waals surface area contributed by atoms with Gasteiger partial charge in [-0.25, -0.2) is 0 Å². The van der Waals surface area contributed by atoms with Crippen LogP contribution >= 0.6 is 0 Å². The highest BCUT2D eigenvalue weighted by Crippen LogP contribution is 2.63. The molecule has 3 aliphatic carbocycles. The molecule has 198 valence electrons. The van der Waals surface area contributed by atoms with Crippen molar-refractivity contribution >= 4 is 25.0 Å². The second-order valence-electron chi connectivity index (χ2n) is 14.5. The zero-order valence-electron chi connectivity index (χ0n) is 24.2. The Hall–Kier alpha value is -0.609. The van der Waals surface area contributed by atoms with Gasteiger partial charge in [-0.1, -0.05) is 6.92 Å². The zero-order valence-corrected chi connectivity index (χ0v) is 27.2. The molecule has 0 amide bonds. The van der Waals surface area contributed by atoms with Crippen LogP contribution in [0.3, 0.4) is 0 Å². The van der Waals surface area contributed by atoms with E-state index in [1.165, 1.54) is 30.4 Å². The van der Waals surface area contributed by atoms with Crippen molar-refractivity contribution in [3.63, 3.8) is 0 Å². The smallest absolute Gasteiger partial charge is 0.242 e. The van der Waals surface area contributed by atoms with E-state index in [2.05, 4.69) is 78.0 Å². The Morgan fingerprint density at radius 1 is 0.829 bits per heavy atom. The molecule has 0 spiro atoms. The summed E-state index contributed by atoms with van der Waals surface area (Å²) in [6, 6.07) is 4.63. The van der Waals surface area contributed by atoms with Crippen LogP contribution in [0, 0.1) is 17.3 Å². The molecule has 6 atom stereocenters. The number of aryl methyl sites for hydroxylation is 1. The van der Waals surface area contributed by atoms with E-state index >= 15 is 0 Å². The molecule has 0 radical (unpaired) electrons. The van der Waals surface area contributed by atoms with E-state index in [1.54, 1.807) is 7.11 Å². The van der Waals surface area contributed by atoms with Crippen molar-refractivity contribution in [1.82, 2.24) is 0 Å². The molecule has 0 N–H and O–H groups in total. The first-order valence-electron chi connectivity index (χ1n) is 13.8. The summed E-state index contributed by atoms with van der Waals surface area (Å²) in [5, 5.41) is 0. The number of rotatable bonds is 7. The summed E-state index contributed by atoms with van der Waals surface area (Å²) in [4.78, 5) is 0. The molecular formula is C28H50O4Si3. The van der Waals surface area contributed by atoms with Crippen LogP contribution in [0.1, 0.15) is 49.7 Å². The van der Waals surface area contributed by atoms with E-state index < -0.39 is 25.0 Å². The number of benzene rings is 1. The van der Waals surface area contributed by atoms with Gasteiger partial charge < -0.3 is 18.0 Å². The largest absolute Gasteiger partial charge is 0.542 e. The Morgan fingerprint density at radius 3 is 2.06 bits per heavy atom. The second kappa shape index (κ2) is 9.30. The summed E-state index contributed by atoms with van der Waals surface area (Å²) >= 11 is 0. The highest BCUT2D eigenvalue weighted by atomic mass is 28.4. The van der Waals surface area contributed by atoms with Gasteiger partial charge in [-0.2, -0.15) is 0 Å². The van der Waals surface area contributed by atoms with Gasteiger partial charge in [0.25, 0.3) is 0 Å². The van der Waals surface area contributed by atoms with Gasteiger partial charge in [0.15, 0.2) is 22.4 Å². The molecule has 0 aromatic heterocycles.